The Balaban J connectivity index is 2.19. The van der Waals surface area contributed by atoms with Gasteiger partial charge >= 0.3 is 0 Å². The topological polar surface area (TPSA) is 37.4 Å². The quantitative estimate of drug-likeness (QED) is 0.792. The number of alkyl halides is 1. The second kappa shape index (κ2) is 5.71. The molecule has 0 radical (unpaired) electrons. The molecule has 0 spiro atoms. The molecule has 0 saturated heterocycles. The van der Waals surface area contributed by atoms with Crippen molar-refractivity contribution in [2.45, 2.75) is 17.3 Å². The first-order chi connectivity index (χ1) is 8.54. The van der Waals surface area contributed by atoms with Crippen LogP contribution >= 0.6 is 34.3 Å². The fourth-order valence-electron chi connectivity index (χ4n) is 1.45. The van der Waals surface area contributed by atoms with Crippen LogP contribution in [0.4, 0.5) is 0 Å². The van der Waals surface area contributed by atoms with Crippen LogP contribution in [0.2, 0.25) is 0 Å². The van der Waals surface area contributed by atoms with Crippen molar-refractivity contribution in [1.82, 2.24) is 4.31 Å². The Labute approximate surface area is 120 Å². The van der Waals surface area contributed by atoms with Crippen molar-refractivity contribution in [2.75, 3.05) is 7.05 Å². The van der Waals surface area contributed by atoms with Crippen LogP contribution in [-0.2, 0) is 22.4 Å². The molecule has 2 heterocycles. The van der Waals surface area contributed by atoms with Crippen molar-refractivity contribution in [1.29, 1.82) is 0 Å². The van der Waals surface area contributed by atoms with E-state index in [0.717, 1.165) is 9.75 Å². The van der Waals surface area contributed by atoms with Crippen LogP contribution in [0.15, 0.2) is 33.9 Å². The highest BCUT2D eigenvalue weighted by molar-refractivity contribution is 7.89. The Morgan fingerprint density at radius 1 is 1.33 bits per heavy atom. The average Bonchev–Trinajstić information content (AvgIpc) is 2.99. The summed E-state index contributed by atoms with van der Waals surface area (Å²) in [7, 11) is -1.82. The highest BCUT2D eigenvalue weighted by Gasteiger charge is 2.22. The lowest BCUT2D eigenvalue weighted by Crippen LogP contribution is -2.25. The summed E-state index contributed by atoms with van der Waals surface area (Å²) in [6.07, 6.45) is 0. The summed E-state index contributed by atoms with van der Waals surface area (Å²) in [4.78, 5) is 2.20. The molecule has 2 aromatic heterocycles. The monoisotopic (exact) mass is 321 g/mol. The third-order valence-corrected chi connectivity index (χ3v) is 6.60. The van der Waals surface area contributed by atoms with Crippen LogP contribution in [-0.4, -0.2) is 19.8 Å². The van der Waals surface area contributed by atoms with E-state index in [1.165, 1.54) is 15.6 Å². The molecule has 7 heteroatoms. The van der Waals surface area contributed by atoms with E-state index in [1.54, 1.807) is 29.8 Å². The smallest absolute Gasteiger partial charge is 0.207 e. The molecule has 0 aliphatic rings. The van der Waals surface area contributed by atoms with Gasteiger partial charge in [-0.3, -0.25) is 0 Å². The van der Waals surface area contributed by atoms with Gasteiger partial charge in [0.25, 0.3) is 0 Å². The third-order valence-electron chi connectivity index (χ3n) is 2.43. The maximum absolute atomic E-state index is 12.3. The minimum atomic E-state index is -3.41. The van der Waals surface area contributed by atoms with Gasteiger partial charge in [0.1, 0.15) is 0 Å². The van der Waals surface area contributed by atoms with Gasteiger partial charge in [-0.15, -0.1) is 34.3 Å². The third kappa shape index (κ3) is 2.95. The average molecular weight is 322 g/mol. The molecule has 2 aromatic rings. The fraction of sp³-hybridized carbons (Fsp3) is 0.273. The van der Waals surface area contributed by atoms with E-state index in [2.05, 4.69) is 0 Å². The number of rotatable bonds is 5. The Hall–Kier alpha value is -0.400. The summed E-state index contributed by atoms with van der Waals surface area (Å²) in [6.45, 7) is 0.395. The first-order valence-corrected chi connectivity index (χ1v) is 8.89. The second-order valence-corrected chi connectivity index (χ2v) is 8.06. The summed E-state index contributed by atoms with van der Waals surface area (Å²) in [5.41, 5.74) is 0. The zero-order valence-corrected chi connectivity index (χ0v) is 12.9. The molecule has 3 nitrogen and oxygen atoms in total. The Morgan fingerprint density at radius 2 is 2.11 bits per heavy atom. The molecule has 98 valence electrons. The number of hydrogen-bond donors (Lipinski definition) is 0. The molecule has 0 N–H and O–H groups in total. The molecule has 0 atom stereocenters. The molecule has 0 aromatic carbocycles. The van der Waals surface area contributed by atoms with Gasteiger partial charge in [-0.25, -0.2) is 8.42 Å². The second-order valence-electron chi connectivity index (χ2n) is 3.72. The van der Waals surface area contributed by atoms with Gasteiger partial charge in [0.2, 0.25) is 10.0 Å². The maximum atomic E-state index is 12.3. The fourth-order valence-corrected chi connectivity index (χ4v) is 4.82. The molecule has 0 saturated carbocycles. The highest BCUT2D eigenvalue weighted by atomic mass is 35.5. The zero-order valence-electron chi connectivity index (χ0n) is 9.67. The van der Waals surface area contributed by atoms with Crippen molar-refractivity contribution >= 4 is 44.3 Å². The minimum Gasteiger partial charge on any atom is -0.207 e. The predicted octanol–water partition coefficient (Wildman–Crippen LogP) is 3.37. The first kappa shape index (κ1) is 14.0. The molecule has 0 amide bonds. The van der Waals surface area contributed by atoms with Crippen molar-refractivity contribution in [2.24, 2.45) is 0 Å². The summed E-state index contributed by atoms with van der Waals surface area (Å²) in [5, 5.41) is 3.57. The van der Waals surface area contributed by atoms with E-state index in [9.17, 15) is 8.42 Å². The summed E-state index contributed by atoms with van der Waals surface area (Å²) in [6, 6.07) is 5.48. The summed E-state index contributed by atoms with van der Waals surface area (Å²) in [5.74, 6) is 0.342. The van der Waals surface area contributed by atoms with E-state index in [0.29, 0.717) is 17.3 Å². The molecule has 0 aliphatic carbocycles. The van der Waals surface area contributed by atoms with Crippen LogP contribution in [0, 0.1) is 0 Å². The lowest BCUT2D eigenvalue weighted by Gasteiger charge is -2.15. The number of nitrogens with zero attached hydrogens (tertiary/aromatic N) is 1. The molecule has 0 fully saturated rings. The largest absolute Gasteiger partial charge is 0.243 e. The van der Waals surface area contributed by atoms with Gasteiger partial charge in [-0.05, 0) is 17.5 Å². The molecule has 0 aliphatic heterocycles. The standard InChI is InChI=1S/C11H12ClNO2S3/c1-13(7-9-3-2-4-16-9)18(14,15)11-5-10(6-12)17-8-11/h2-5,8H,6-7H2,1H3. The normalized spacial score (nSPS) is 12.2. The Morgan fingerprint density at radius 3 is 2.67 bits per heavy atom. The predicted molar refractivity (Wildman–Crippen MR) is 76.8 cm³/mol. The van der Waals surface area contributed by atoms with Gasteiger partial charge in [-0.2, -0.15) is 4.31 Å². The molecule has 0 bridgehead atoms. The zero-order chi connectivity index (χ0) is 13.2. The number of thiophene rings is 2. The summed E-state index contributed by atoms with van der Waals surface area (Å²) < 4.78 is 25.9. The van der Waals surface area contributed by atoms with Crippen LogP contribution < -0.4 is 0 Å². The van der Waals surface area contributed by atoms with Crippen molar-refractivity contribution in [3.63, 3.8) is 0 Å². The first-order valence-electron chi connectivity index (χ1n) is 5.16. The number of sulfonamides is 1. The van der Waals surface area contributed by atoms with Crippen LogP contribution in [0.25, 0.3) is 0 Å². The van der Waals surface area contributed by atoms with Crippen molar-refractivity contribution in [3.05, 3.63) is 38.7 Å². The van der Waals surface area contributed by atoms with Gasteiger partial charge in [0.15, 0.2) is 0 Å². The van der Waals surface area contributed by atoms with Gasteiger partial charge in [-0.1, -0.05) is 6.07 Å². The molecular formula is C11H12ClNO2S3. The van der Waals surface area contributed by atoms with Gasteiger partial charge < -0.3 is 0 Å². The number of halogens is 1. The van der Waals surface area contributed by atoms with E-state index >= 15 is 0 Å². The molecule has 18 heavy (non-hydrogen) atoms. The lowest BCUT2D eigenvalue weighted by atomic mass is 10.5. The van der Waals surface area contributed by atoms with E-state index in [4.69, 9.17) is 11.6 Å². The van der Waals surface area contributed by atoms with Gasteiger partial charge in [0, 0.05) is 28.7 Å². The maximum Gasteiger partial charge on any atom is 0.243 e. The van der Waals surface area contributed by atoms with Crippen LogP contribution in [0.5, 0.6) is 0 Å². The number of hydrogen-bond acceptors (Lipinski definition) is 4. The van der Waals surface area contributed by atoms with E-state index < -0.39 is 10.0 Å². The molecule has 0 unspecified atom stereocenters. The Bertz CT molecular complexity index is 604. The molecule has 2 rings (SSSR count). The lowest BCUT2D eigenvalue weighted by molar-refractivity contribution is 0.470. The van der Waals surface area contributed by atoms with E-state index in [-0.39, 0.29) is 0 Å². The Kier molecular flexibility index (Phi) is 4.45. The van der Waals surface area contributed by atoms with E-state index in [1.807, 2.05) is 17.5 Å². The van der Waals surface area contributed by atoms with Gasteiger partial charge in [0.05, 0.1) is 10.8 Å². The van der Waals surface area contributed by atoms with Crippen LogP contribution in [0.1, 0.15) is 9.75 Å². The highest BCUT2D eigenvalue weighted by Crippen LogP contribution is 2.24. The van der Waals surface area contributed by atoms with Crippen molar-refractivity contribution in [3.8, 4) is 0 Å². The van der Waals surface area contributed by atoms with Crippen molar-refractivity contribution < 1.29 is 8.42 Å². The van der Waals surface area contributed by atoms with Crippen LogP contribution in [0.3, 0.4) is 0 Å². The summed E-state index contributed by atoms with van der Waals surface area (Å²) >= 11 is 8.60. The SMILES string of the molecule is CN(Cc1cccs1)S(=O)(=O)c1csc(CCl)c1. The molecular weight excluding hydrogens is 310 g/mol. The minimum absolute atomic E-state index is 0.321.